The van der Waals surface area contributed by atoms with Crippen LogP contribution in [0, 0.1) is 0 Å². The van der Waals surface area contributed by atoms with Gasteiger partial charge in [0.25, 0.3) is 0 Å². The number of ketones is 1. The summed E-state index contributed by atoms with van der Waals surface area (Å²) in [6, 6.07) is 0. The summed E-state index contributed by atoms with van der Waals surface area (Å²) in [4.78, 5) is 15.6. The van der Waals surface area contributed by atoms with Crippen LogP contribution >= 0.6 is 0 Å². The minimum Gasteiger partial charge on any atom is -0.395 e. The van der Waals surface area contributed by atoms with Crippen LogP contribution in [-0.4, -0.2) is 66.6 Å². The molecule has 4 heteroatoms. The zero-order valence-electron chi connectivity index (χ0n) is 10.3. The number of rotatable bonds is 6. The maximum atomic E-state index is 10.8. The Kier molecular flexibility index (Phi) is 6.61. The Morgan fingerprint density at radius 2 is 1.75 bits per heavy atom. The van der Waals surface area contributed by atoms with E-state index >= 15 is 0 Å². The van der Waals surface area contributed by atoms with Crippen LogP contribution in [0.4, 0.5) is 0 Å². The van der Waals surface area contributed by atoms with Crippen molar-refractivity contribution in [1.82, 2.24) is 9.80 Å². The van der Waals surface area contributed by atoms with Gasteiger partial charge in [-0.1, -0.05) is 0 Å². The molecule has 4 nitrogen and oxygen atoms in total. The predicted molar refractivity (Wildman–Crippen MR) is 64.5 cm³/mol. The third-order valence-corrected chi connectivity index (χ3v) is 3.10. The quantitative estimate of drug-likeness (QED) is 0.713. The van der Waals surface area contributed by atoms with Crippen molar-refractivity contribution in [2.75, 3.05) is 45.9 Å². The molecule has 0 radical (unpaired) electrons. The molecule has 0 unspecified atom stereocenters. The summed E-state index contributed by atoms with van der Waals surface area (Å²) >= 11 is 0. The molecule has 1 aliphatic heterocycles. The van der Waals surface area contributed by atoms with Crippen LogP contribution in [0.15, 0.2) is 0 Å². The van der Waals surface area contributed by atoms with E-state index in [2.05, 4.69) is 9.80 Å². The molecule has 0 spiro atoms. The number of hydrogen-bond donors (Lipinski definition) is 1. The third kappa shape index (κ3) is 5.58. The highest BCUT2D eigenvalue weighted by atomic mass is 16.3. The van der Waals surface area contributed by atoms with E-state index < -0.39 is 0 Å². The lowest BCUT2D eigenvalue weighted by Gasteiger charge is -2.20. The van der Waals surface area contributed by atoms with Crippen molar-refractivity contribution in [3.63, 3.8) is 0 Å². The van der Waals surface area contributed by atoms with Crippen molar-refractivity contribution in [2.24, 2.45) is 0 Å². The van der Waals surface area contributed by atoms with Gasteiger partial charge < -0.3 is 14.8 Å². The first-order valence-corrected chi connectivity index (χ1v) is 6.27. The van der Waals surface area contributed by atoms with Crippen LogP contribution in [0.1, 0.15) is 26.2 Å². The summed E-state index contributed by atoms with van der Waals surface area (Å²) in [7, 11) is 0. The zero-order valence-corrected chi connectivity index (χ0v) is 10.3. The van der Waals surface area contributed by atoms with Crippen molar-refractivity contribution < 1.29 is 9.90 Å². The van der Waals surface area contributed by atoms with E-state index in [1.165, 1.54) is 6.42 Å². The van der Waals surface area contributed by atoms with Gasteiger partial charge in [-0.15, -0.1) is 0 Å². The first kappa shape index (κ1) is 13.6. The fourth-order valence-corrected chi connectivity index (χ4v) is 2.16. The highest BCUT2D eigenvalue weighted by Gasteiger charge is 2.13. The Morgan fingerprint density at radius 1 is 1.12 bits per heavy atom. The van der Waals surface area contributed by atoms with E-state index in [1.807, 2.05) is 0 Å². The highest BCUT2D eigenvalue weighted by molar-refractivity contribution is 5.75. The van der Waals surface area contributed by atoms with Crippen LogP contribution < -0.4 is 0 Å². The molecule has 1 N–H and O–H groups in total. The Hall–Kier alpha value is -0.450. The van der Waals surface area contributed by atoms with Gasteiger partial charge in [0, 0.05) is 26.1 Å². The van der Waals surface area contributed by atoms with Gasteiger partial charge in [-0.25, -0.2) is 0 Å². The number of aliphatic hydroxyl groups is 1. The van der Waals surface area contributed by atoms with Crippen molar-refractivity contribution in [3.05, 3.63) is 0 Å². The molecular formula is C12H24N2O2. The van der Waals surface area contributed by atoms with Gasteiger partial charge in [0.2, 0.25) is 0 Å². The molecule has 0 aliphatic carbocycles. The lowest BCUT2D eigenvalue weighted by molar-refractivity contribution is -0.117. The normalized spacial score (nSPS) is 19.6. The maximum absolute atomic E-state index is 10.8. The van der Waals surface area contributed by atoms with Gasteiger partial charge in [0.1, 0.15) is 5.78 Å². The topological polar surface area (TPSA) is 43.8 Å². The second kappa shape index (κ2) is 7.76. The molecule has 0 saturated carbocycles. The summed E-state index contributed by atoms with van der Waals surface area (Å²) in [5.41, 5.74) is 0. The van der Waals surface area contributed by atoms with Crippen LogP contribution in [0.3, 0.4) is 0 Å². The molecule has 16 heavy (non-hydrogen) atoms. The van der Waals surface area contributed by atoms with E-state index in [0.29, 0.717) is 6.42 Å². The van der Waals surface area contributed by atoms with Gasteiger partial charge in [0.15, 0.2) is 0 Å². The van der Waals surface area contributed by atoms with Crippen LogP contribution in [0.5, 0.6) is 0 Å². The summed E-state index contributed by atoms with van der Waals surface area (Å²) in [6.45, 7) is 8.06. The fourth-order valence-electron chi connectivity index (χ4n) is 2.16. The molecule has 94 valence electrons. The zero-order chi connectivity index (χ0) is 11.8. The first-order chi connectivity index (χ1) is 7.72. The van der Waals surface area contributed by atoms with Gasteiger partial charge in [0.05, 0.1) is 6.61 Å². The minimum atomic E-state index is 0.254. The van der Waals surface area contributed by atoms with Gasteiger partial charge in [-0.2, -0.15) is 0 Å². The Bertz CT molecular complexity index is 209. The molecule has 0 aromatic carbocycles. The SMILES string of the molecule is CC(=O)CCCN1CCCN(CCO)CC1. The number of aliphatic hydroxyl groups excluding tert-OH is 1. The molecule has 1 heterocycles. The van der Waals surface area contributed by atoms with Crippen molar-refractivity contribution in [1.29, 1.82) is 0 Å². The molecular weight excluding hydrogens is 204 g/mol. The Labute approximate surface area is 98.2 Å². The smallest absolute Gasteiger partial charge is 0.129 e. The number of nitrogens with zero attached hydrogens (tertiary/aromatic N) is 2. The number of Topliss-reactive ketones (excluding diaryl/α,β-unsaturated/α-hetero) is 1. The summed E-state index contributed by atoms with van der Waals surface area (Å²) in [5, 5.41) is 8.89. The summed E-state index contributed by atoms with van der Waals surface area (Å²) < 4.78 is 0. The molecule has 1 fully saturated rings. The van der Waals surface area contributed by atoms with Gasteiger partial charge >= 0.3 is 0 Å². The molecule has 0 bridgehead atoms. The monoisotopic (exact) mass is 228 g/mol. The average molecular weight is 228 g/mol. The standard InChI is InChI=1S/C12H24N2O2/c1-12(16)4-2-5-13-6-3-7-14(9-8-13)10-11-15/h15H,2-11H2,1H3. The molecule has 0 aromatic heterocycles. The van der Waals surface area contributed by atoms with Crippen molar-refractivity contribution >= 4 is 5.78 Å². The highest BCUT2D eigenvalue weighted by Crippen LogP contribution is 2.04. The fraction of sp³-hybridized carbons (Fsp3) is 0.917. The summed E-state index contributed by atoms with van der Waals surface area (Å²) in [6.07, 6.45) is 2.85. The van der Waals surface area contributed by atoms with E-state index in [4.69, 9.17) is 5.11 Å². The number of hydrogen-bond acceptors (Lipinski definition) is 4. The van der Waals surface area contributed by atoms with E-state index in [9.17, 15) is 4.79 Å². The van der Waals surface area contributed by atoms with Crippen LogP contribution in [0.25, 0.3) is 0 Å². The number of carbonyl (C=O) groups is 1. The lowest BCUT2D eigenvalue weighted by atomic mass is 10.2. The maximum Gasteiger partial charge on any atom is 0.129 e. The first-order valence-electron chi connectivity index (χ1n) is 6.27. The molecule has 1 rings (SSSR count). The van der Waals surface area contributed by atoms with E-state index in [-0.39, 0.29) is 12.4 Å². The lowest BCUT2D eigenvalue weighted by Crippen LogP contribution is -2.32. The van der Waals surface area contributed by atoms with Crippen molar-refractivity contribution in [2.45, 2.75) is 26.2 Å². The molecule has 0 aromatic rings. The average Bonchev–Trinajstić information content (AvgIpc) is 2.44. The number of β-amino-alcohol motifs (C(OH)–C–C–N with tert-alkyl or cyclic N) is 1. The van der Waals surface area contributed by atoms with Gasteiger partial charge in [-0.3, -0.25) is 4.90 Å². The molecule has 0 amide bonds. The molecule has 1 saturated heterocycles. The largest absolute Gasteiger partial charge is 0.395 e. The second-order valence-electron chi connectivity index (χ2n) is 4.57. The van der Waals surface area contributed by atoms with Crippen LogP contribution in [-0.2, 0) is 4.79 Å². The second-order valence-corrected chi connectivity index (χ2v) is 4.57. The third-order valence-electron chi connectivity index (χ3n) is 3.10. The number of carbonyl (C=O) groups excluding carboxylic acids is 1. The van der Waals surface area contributed by atoms with Gasteiger partial charge in [-0.05, 0) is 39.4 Å². The Balaban J connectivity index is 2.17. The predicted octanol–water partition coefficient (Wildman–Crippen LogP) is 0.356. The summed E-state index contributed by atoms with van der Waals surface area (Å²) in [5.74, 6) is 0.289. The Morgan fingerprint density at radius 3 is 2.31 bits per heavy atom. The molecule has 1 aliphatic rings. The van der Waals surface area contributed by atoms with Crippen molar-refractivity contribution in [3.8, 4) is 0 Å². The van der Waals surface area contributed by atoms with E-state index in [1.54, 1.807) is 6.92 Å². The van der Waals surface area contributed by atoms with E-state index in [0.717, 1.165) is 45.7 Å². The van der Waals surface area contributed by atoms with Crippen LogP contribution in [0.2, 0.25) is 0 Å². The molecule has 0 atom stereocenters. The minimum absolute atomic E-state index is 0.254.